The van der Waals surface area contributed by atoms with Gasteiger partial charge in [0.15, 0.2) is 0 Å². The molecule has 1 saturated carbocycles. The molecular weight excluding hydrogens is 204 g/mol. The van der Waals surface area contributed by atoms with Gasteiger partial charge in [0.25, 0.3) is 0 Å². The van der Waals surface area contributed by atoms with Crippen molar-refractivity contribution in [1.29, 1.82) is 0 Å². The first-order valence-corrected chi connectivity index (χ1v) is 7.90. The van der Waals surface area contributed by atoms with Crippen molar-refractivity contribution in [1.82, 2.24) is 0 Å². The van der Waals surface area contributed by atoms with E-state index in [0.717, 1.165) is 11.8 Å². The van der Waals surface area contributed by atoms with Crippen LogP contribution in [0.5, 0.6) is 0 Å². The van der Waals surface area contributed by atoms with Crippen molar-refractivity contribution < 1.29 is 0 Å². The number of hydrogen-bond acceptors (Lipinski definition) is 0. The lowest BCUT2D eigenvalue weighted by atomic mass is 9.77. The molecule has 0 aromatic carbocycles. The van der Waals surface area contributed by atoms with E-state index in [0.29, 0.717) is 0 Å². The predicted molar refractivity (Wildman–Crippen MR) is 78.3 cm³/mol. The van der Waals surface area contributed by atoms with Gasteiger partial charge in [-0.25, -0.2) is 0 Å². The Morgan fingerprint density at radius 1 is 1.00 bits per heavy atom. The molecule has 0 bridgehead atoms. The van der Waals surface area contributed by atoms with Crippen LogP contribution in [0.2, 0.25) is 0 Å². The second-order valence-corrected chi connectivity index (χ2v) is 5.95. The molecule has 1 aliphatic rings. The highest BCUT2D eigenvalue weighted by Crippen LogP contribution is 2.35. The van der Waals surface area contributed by atoms with Crippen LogP contribution in [-0.4, -0.2) is 0 Å². The summed E-state index contributed by atoms with van der Waals surface area (Å²) in [5, 5.41) is 0. The van der Waals surface area contributed by atoms with Crippen LogP contribution in [-0.2, 0) is 0 Å². The fourth-order valence-corrected chi connectivity index (χ4v) is 3.18. The minimum Gasteiger partial charge on any atom is -0.0885 e. The van der Waals surface area contributed by atoms with Gasteiger partial charge in [-0.3, -0.25) is 0 Å². The van der Waals surface area contributed by atoms with Crippen LogP contribution in [0, 0.1) is 11.8 Å². The average Bonchev–Trinajstić information content (AvgIpc) is 2.38. The molecule has 0 unspecified atom stereocenters. The topological polar surface area (TPSA) is 0 Å². The summed E-state index contributed by atoms with van der Waals surface area (Å²) >= 11 is 0. The van der Waals surface area contributed by atoms with Crippen molar-refractivity contribution in [2.45, 2.75) is 85.0 Å². The van der Waals surface area contributed by atoms with Gasteiger partial charge in [-0.1, -0.05) is 57.1 Å². The van der Waals surface area contributed by atoms with E-state index in [1.807, 2.05) is 0 Å². The molecular formula is C17H32. The fourth-order valence-electron chi connectivity index (χ4n) is 3.18. The number of unbranched alkanes of at least 4 members (excludes halogenated alkanes) is 4. The van der Waals surface area contributed by atoms with Gasteiger partial charge in [0.2, 0.25) is 0 Å². The smallest absolute Gasteiger partial charge is 0.0206 e. The van der Waals surface area contributed by atoms with E-state index in [-0.39, 0.29) is 0 Å². The molecule has 0 heteroatoms. The summed E-state index contributed by atoms with van der Waals surface area (Å²) in [6, 6.07) is 0. The zero-order valence-electron chi connectivity index (χ0n) is 12.3. The van der Waals surface area contributed by atoms with Crippen molar-refractivity contribution in [2.24, 2.45) is 11.8 Å². The summed E-state index contributed by atoms with van der Waals surface area (Å²) in [5.41, 5.74) is 1.63. The molecule has 0 atom stereocenters. The molecule has 0 aromatic rings. The summed E-state index contributed by atoms with van der Waals surface area (Å²) in [4.78, 5) is 0. The van der Waals surface area contributed by atoms with Crippen molar-refractivity contribution in [2.75, 3.05) is 0 Å². The van der Waals surface area contributed by atoms with Gasteiger partial charge in [0.1, 0.15) is 0 Å². The molecule has 0 radical (unpaired) electrons. The molecule has 1 rings (SSSR count). The quantitative estimate of drug-likeness (QED) is 0.369. The summed E-state index contributed by atoms with van der Waals surface area (Å²) < 4.78 is 0. The van der Waals surface area contributed by atoms with Gasteiger partial charge in [-0.15, -0.1) is 0 Å². The van der Waals surface area contributed by atoms with Crippen LogP contribution in [0.15, 0.2) is 11.6 Å². The van der Waals surface area contributed by atoms with Crippen LogP contribution in [0.3, 0.4) is 0 Å². The molecule has 0 nitrogen and oxygen atoms in total. The van der Waals surface area contributed by atoms with Crippen LogP contribution < -0.4 is 0 Å². The standard InChI is InChI=1S/C17H32/c1-4-6-7-8-9-10-16-11-13-17(14-12-16)15(3)5-2/h5,16-17H,4,6-14H2,1-3H3/b15-5-. The Balaban J connectivity index is 2.07. The zero-order chi connectivity index (χ0) is 12.5. The zero-order valence-corrected chi connectivity index (χ0v) is 12.3. The summed E-state index contributed by atoms with van der Waals surface area (Å²) in [6.07, 6.45) is 16.9. The molecule has 0 spiro atoms. The molecule has 0 saturated heterocycles. The Bertz CT molecular complexity index is 206. The maximum atomic E-state index is 2.32. The molecule has 1 fully saturated rings. The van der Waals surface area contributed by atoms with Crippen molar-refractivity contribution in [3.63, 3.8) is 0 Å². The predicted octanol–water partition coefficient (Wildman–Crippen LogP) is 6.12. The number of hydrogen-bond donors (Lipinski definition) is 0. The molecule has 100 valence electrons. The molecule has 0 aliphatic heterocycles. The van der Waals surface area contributed by atoms with E-state index < -0.39 is 0 Å². The molecule has 0 amide bonds. The van der Waals surface area contributed by atoms with E-state index in [2.05, 4.69) is 26.8 Å². The minimum absolute atomic E-state index is 0.913. The Morgan fingerprint density at radius 2 is 1.65 bits per heavy atom. The third-order valence-corrected chi connectivity index (χ3v) is 4.66. The van der Waals surface area contributed by atoms with Gasteiger partial charge in [-0.2, -0.15) is 0 Å². The first-order valence-electron chi connectivity index (χ1n) is 7.90. The van der Waals surface area contributed by atoms with Crippen LogP contribution in [0.1, 0.15) is 85.0 Å². The van der Waals surface area contributed by atoms with Crippen LogP contribution >= 0.6 is 0 Å². The number of rotatable bonds is 7. The van der Waals surface area contributed by atoms with Gasteiger partial charge >= 0.3 is 0 Å². The van der Waals surface area contributed by atoms with Gasteiger partial charge in [-0.05, 0) is 51.4 Å². The van der Waals surface area contributed by atoms with E-state index >= 15 is 0 Å². The second-order valence-electron chi connectivity index (χ2n) is 5.95. The highest BCUT2D eigenvalue weighted by Gasteiger charge is 2.21. The summed E-state index contributed by atoms with van der Waals surface area (Å²) in [5.74, 6) is 1.97. The third-order valence-electron chi connectivity index (χ3n) is 4.66. The highest BCUT2D eigenvalue weighted by molar-refractivity contribution is 5.02. The van der Waals surface area contributed by atoms with Gasteiger partial charge < -0.3 is 0 Å². The van der Waals surface area contributed by atoms with Crippen molar-refractivity contribution in [3.05, 3.63) is 11.6 Å². The Hall–Kier alpha value is -0.260. The Labute approximate surface area is 109 Å². The molecule has 17 heavy (non-hydrogen) atoms. The Morgan fingerprint density at radius 3 is 2.24 bits per heavy atom. The van der Waals surface area contributed by atoms with Gasteiger partial charge in [0, 0.05) is 0 Å². The maximum Gasteiger partial charge on any atom is -0.0206 e. The monoisotopic (exact) mass is 236 g/mol. The highest BCUT2D eigenvalue weighted by atomic mass is 14.3. The number of allylic oxidation sites excluding steroid dienone is 2. The minimum atomic E-state index is 0.913. The fraction of sp³-hybridized carbons (Fsp3) is 0.882. The van der Waals surface area contributed by atoms with E-state index in [4.69, 9.17) is 0 Å². The first-order chi connectivity index (χ1) is 8.27. The molecule has 1 aliphatic carbocycles. The lowest BCUT2D eigenvalue weighted by molar-refractivity contribution is 0.281. The third kappa shape index (κ3) is 5.75. The largest absolute Gasteiger partial charge is 0.0885 e. The maximum absolute atomic E-state index is 2.32. The molecule has 0 aromatic heterocycles. The summed E-state index contributed by atoms with van der Waals surface area (Å²) in [7, 11) is 0. The average molecular weight is 236 g/mol. The van der Waals surface area contributed by atoms with Crippen molar-refractivity contribution in [3.8, 4) is 0 Å². The Kier molecular flexibility index (Phi) is 7.64. The van der Waals surface area contributed by atoms with E-state index in [9.17, 15) is 0 Å². The van der Waals surface area contributed by atoms with E-state index in [1.165, 1.54) is 64.2 Å². The molecule has 0 N–H and O–H groups in total. The van der Waals surface area contributed by atoms with Crippen LogP contribution in [0.25, 0.3) is 0 Å². The van der Waals surface area contributed by atoms with Crippen LogP contribution in [0.4, 0.5) is 0 Å². The molecule has 0 heterocycles. The second kappa shape index (κ2) is 8.78. The summed E-state index contributed by atoms with van der Waals surface area (Å²) in [6.45, 7) is 6.80. The van der Waals surface area contributed by atoms with Crippen molar-refractivity contribution >= 4 is 0 Å². The first kappa shape index (κ1) is 14.8. The lowest BCUT2D eigenvalue weighted by Crippen LogP contribution is -2.15. The SMILES string of the molecule is C/C=C(/C)C1CCC(CCCCCCC)CC1. The van der Waals surface area contributed by atoms with Gasteiger partial charge in [0.05, 0.1) is 0 Å². The normalized spacial score (nSPS) is 26.2. The van der Waals surface area contributed by atoms with E-state index in [1.54, 1.807) is 5.57 Å². The lowest BCUT2D eigenvalue weighted by Gasteiger charge is -2.29.